The van der Waals surface area contributed by atoms with E-state index in [-0.39, 0.29) is 0 Å². The van der Waals surface area contributed by atoms with Gasteiger partial charge in [0, 0.05) is 21.1 Å². The highest BCUT2D eigenvalue weighted by Gasteiger charge is 2.05. The van der Waals surface area contributed by atoms with Crippen molar-refractivity contribution in [2.45, 2.75) is 19.3 Å². The Kier molecular flexibility index (Phi) is 6.46. The lowest BCUT2D eigenvalue weighted by Gasteiger charge is -2.09. The number of terminal acetylenes is 1. The van der Waals surface area contributed by atoms with Crippen molar-refractivity contribution < 1.29 is 19.0 Å². The smallest absolute Gasteiger partial charge is 0.304 e. The van der Waals surface area contributed by atoms with Crippen LogP contribution in [0.25, 0.3) is 0 Å². The Labute approximate surface area is 83.8 Å². The second kappa shape index (κ2) is 7.13. The Morgan fingerprint density at radius 3 is 2.29 bits per heavy atom. The molecule has 0 fully saturated rings. The first-order valence-corrected chi connectivity index (χ1v) is 4.01. The van der Waals surface area contributed by atoms with E-state index in [1.807, 2.05) is 0 Å². The number of esters is 1. The van der Waals surface area contributed by atoms with E-state index in [4.69, 9.17) is 20.6 Å². The van der Waals surface area contributed by atoms with Crippen LogP contribution >= 0.6 is 0 Å². The predicted octanol–water partition coefficient (Wildman–Crippen LogP) is 0.726. The molecule has 0 aliphatic rings. The summed E-state index contributed by atoms with van der Waals surface area (Å²) in [5.41, 5.74) is 0. The van der Waals surface area contributed by atoms with Crippen LogP contribution in [0.1, 0.15) is 6.92 Å². The van der Waals surface area contributed by atoms with Crippen LogP contribution in [-0.2, 0) is 19.0 Å². The van der Waals surface area contributed by atoms with E-state index in [1.54, 1.807) is 6.08 Å². The van der Waals surface area contributed by atoms with Crippen molar-refractivity contribution in [1.29, 1.82) is 0 Å². The van der Waals surface area contributed by atoms with Gasteiger partial charge in [-0.1, -0.05) is 5.92 Å². The Morgan fingerprint density at radius 1 is 1.36 bits per heavy atom. The summed E-state index contributed by atoms with van der Waals surface area (Å²) in [6.07, 6.45) is 7.07. The molecule has 0 aliphatic carbocycles. The molecule has 0 aromatic heterocycles. The van der Waals surface area contributed by atoms with Gasteiger partial charge < -0.3 is 14.2 Å². The normalized spacial score (nSPS) is 12.8. The van der Waals surface area contributed by atoms with Crippen LogP contribution in [0.15, 0.2) is 12.2 Å². The molecule has 0 aliphatic heterocycles. The maximum Gasteiger partial charge on any atom is 0.304 e. The minimum absolute atomic E-state index is 0.427. The molecule has 14 heavy (non-hydrogen) atoms. The molecular formula is C10H14O4. The molecule has 0 heterocycles. The number of carbonyl (C=O) groups excluding carboxylic acids is 1. The summed E-state index contributed by atoms with van der Waals surface area (Å²) in [6, 6.07) is 0. The van der Waals surface area contributed by atoms with Gasteiger partial charge in [0.1, 0.15) is 0 Å². The molecule has 78 valence electrons. The molecule has 1 atom stereocenters. The average molecular weight is 198 g/mol. The summed E-state index contributed by atoms with van der Waals surface area (Å²) >= 11 is 0. The lowest BCUT2D eigenvalue weighted by molar-refractivity contribution is -0.142. The fourth-order valence-electron chi connectivity index (χ4n) is 0.753. The number of ether oxygens (including phenoxy) is 3. The summed E-state index contributed by atoms with van der Waals surface area (Å²) in [7, 11) is 2.99. The molecule has 0 saturated heterocycles. The summed E-state index contributed by atoms with van der Waals surface area (Å²) in [6.45, 7) is 1.29. The highest BCUT2D eigenvalue weighted by atomic mass is 16.7. The van der Waals surface area contributed by atoms with Gasteiger partial charge in [0.2, 0.25) is 0 Å². The molecule has 0 amide bonds. The van der Waals surface area contributed by atoms with E-state index in [0.717, 1.165) is 0 Å². The summed E-state index contributed by atoms with van der Waals surface area (Å²) in [5, 5.41) is 0. The van der Waals surface area contributed by atoms with E-state index < -0.39 is 18.4 Å². The van der Waals surface area contributed by atoms with Crippen LogP contribution in [0.4, 0.5) is 0 Å². The van der Waals surface area contributed by atoms with Crippen molar-refractivity contribution in [2.75, 3.05) is 14.2 Å². The zero-order valence-electron chi connectivity index (χ0n) is 8.52. The Hall–Kier alpha value is -1.31. The standard InChI is InChI=1S/C10H14O4/c1-5-9(14-8(2)11)6-7-10(12-3)13-4/h1,6-7,9-10H,2-4H3/b7-6+. The van der Waals surface area contributed by atoms with Gasteiger partial charge in [0.15, 0.2) is 12.4 Å². The molecule has 0 N–H and O–H groups in total. The van der Waals surface area contributed by atoms with Crippen LogP contribution in [-0.4, -0.2) is 32.6 Å². The summed E-state index contributed by atoms with van der Waals surface area (Å²) in [4.78, 5) is 10.6. The van der Waals surface area contributed by atoms with Crippen molar-refractivity contribution in [3.8, 4) is 12.3 Å². The third-order valence-corrected chi connectivity index (χ3v) is 1.36. The van der Waals surface area contributed by atoms with Gasteiger partial charge in [-0.2, -0.15) is 0 Å². The molecular weight excluding hydrogens is 184 g/mol. The summed E-state index contributed by atoms with van der Waals surface area (Å²) < 4.78 is 14.5. The van der Waals surface area contributed by atoms with Gasteiger partial charge in [0.25, 0.3) is 0 Å². The van der Waals surface area contributed by atoms with Crippen LogP contribution in [0.3, 0.4) is 0 Å². The zero-order chi connectivity index (χ0) is 11.0. The van der Waals surface area contributed by atoms with Crippen molar-refractivity contribution in [3.05, 3.63) is 12.2 Å². The van der Waals surface area contributed by atoms with E-state index >= 15 is 0 Å². The molecule has 0 rings (SSSR count). The fraction of sp³-hybridized carbons (Fsp3) is 0.500. The van der Waals surface area contributed by atoms with Crippen molar-refractivity contribution in [3.63, 3.8) is 0 Å². The first-order chi connectivity index (χ1) is 6.63. The highest BCUT2D eigenvalue weighted by molar-refractivity contribution is 5.66. The SMILES string of the molecule is C#CC(/C=C/C(OC)OC)OC(C)=O. The fourth-order valence-corrected chi connectivity index (χ4v) is 0.753. The maximum atomic E-state index is 10.6. The largest absolute Gasteiger partial charge is 0.445 e. The lowest BCUT2D eigenvalue weighted by Crippen LogP contribution is -2.14. The molecule has 0 bridgehead atoms. The Balaban J connectivity index is 4.16. The number of carbonyl (C=O) groups is 1. The van der Waals surface area contributed by atoms with Gasteiger partial charge in [-0.15, -0.1) is 6.42 Å². The third kappa shape index (κ3) is 5.36. The molecule has 0 aromatic carbocycles. The number of hydrogen-bond acceptors (Lipinski definition) is 4. The zero-order valence-corrected chi connectivity index (χ0v) is 8.52. The minimum atomic E-state index is -0.680. The molecule has 4 heteroatoms. The second-order valence-corrected chi connectivity index (χ2v) is 2.42. The van der Waals surface area contributed by atoms with Gasteiger partial charge in [-0.05, 0) is 12.2 Å². The quantitative estimate of drug-likeness (QED) is 0.283. The van der Waals surface area contributed by atoms with Gasteiger partial charge in [-0.25, -0.2) is 0 Å². The van der Waals surface area contributed by atoms with Crippen molar-refractivity contribution in [1.82, 2.24) is 0 Å². The molecule has 0 aromatic rings. The van der Waals surface area contributed by atoms with E-state index in [0.29, 0.717) is 0 Å². The lowest BCUT2D eigenvalue weighted by atomic mass is 10.3. The van der Waals surface area contributed by atoms with Gasteiger partial charge in [-0.3, -0.25) is 4.79 Å². The summed E-state index contributed by atoms with van der Waals surface area (Å²) in [5.74, 6) is 1.87. The number of hydrogen-bond donors (Lipinski definition) is 0. The Morgan fingerprint density at radius 2 is 1.93 bits per heavy atom. The number of rotatable bonds is 5. The second-order valence-electron chi connectivity index (χ2n) is 2.42. The van der Waals surface area contributed by atoms with Crippen LogP contribution in [0.2, 0.25) is 0 Å². The van der Waals surface area contributed by atoms with Gasteiger partial charge in [0.05, 0.1) is 0 Å². The topological polar surface area (TPSA) is 44.8 Å². The third-order valence-electron chi connectivity index (χ3n) is 1.36. The average Bonchev–Trinajstić information content (AvgIpc) is 2.17. The molecule has 0 saturated carbocycles. The Bertz CT molecular complexity index is 235. The molecule has 0 radical (unpaired) electrons. The minimum Gasteiger partial charge on any atom is -0.445 e. The number of methoxy groups -OCH3 is 2. The van der Waals surface area contributed by atoms with Crippen molar-refractivity contribution in [2.24, 2.45) is 0 Å². The maximum absolute atomic E-state index is 10.6. The van der Waals surface area contributed by atoms with E-state index in [1.165, 1.54) is 27.2 Å². The molecule has 1 unspecified atom stereocenters. The van der Waals surface area contributed by atoms with E-state index in [9.17, 15) is 4.79 Å². The first kappa shape index (κ1) is 12.7. The monoisotopic (exact) mass is 198 g/mol. The van der Waals surface area contributed by atoms with Crippen LogP contribution in [0.5, 0.6) is 0 Å². The van der Waals surface area contributed by atoms with Crippen LogP contribution in [0, 0.1) is 12.3 Å². The molecule has 4 nitrogen and oxygen atoms in total. The van der Waals surface area contributed by atoms with Crippen molar-refractivity contribution >= 4 is 5.97 Å². The van der Waals surface area contributed by atoms with Gasteiger partial charge >= 0.3 is 5.97 Å². The highest BCUT2D eigenvalue weighted by Crippen LogP contribution is 1.98. The predicted molar refractivity (Wildman–Crippen MR) is 51.3 cm³/mol. The first-order valence-electron chi connectivity index (χ1n) is 4.01. The van der Waals surface area contributed by atoms with E-state index in [2.05, 4.69) is 5.92 Å². The van der Waals surface area contributed by atoms with Crippen LogP contribution < -0.4 is 0 Å². The molecule has 0 spiro atoms.